The van der Waals surface area contributed by atoms with Gasteiger partial charge in [0.1, 0.15) is 5.75 Å². The third kappa shape index (κ3) is 4.65. The zero-order valence-corrected chi connectivity index (χ0v) is 11.9. The van der Waals surface area contributed by atoms with Crippen LogP contribution in [0.1, 0.15) is 23.7 Å². The third-order valence-electron chi connectivity index (χ3n) is 3.22. The summed E-state index contributed by atoms with van der Waals surface area (Å²) in [6, 6.07) is 9.29. The molecule has 1 aromatic carbocycles. The van der Waals surface area contributed by atoms with Crippen LogP contribution in [-0.2, 0) is 11.2 Å². The van der Waals surface area contributed by atoms with Crippen LogP contribution in [0.25, 0.3) is 0 Å². The summed E-state index contributed by atoms with van der Waals surface area (Å²) >= 11 is 0. The van der Waals surface area contributed by atoms with E-state index in [1.807, 2.05) is 24.3 Å². The molecule has 0 saturated carbocycles. The lowest BCUT2D eigenvalue weighted by molar-refractivity contribution is -0.121. The molecule has 1 heterocycles. The Morgan fingerprint density at radius 3 is 2.71 bits per heavy atom. The van der Waals surface area contributed by atoms with Crippen LogP contribution < -0.4 is 10.1 Å². The maximum Gasteiger partial charge on any atom is 0.220 e. The van der Waals surface area contributed by atoms with Gasteiger partial charge < -0.3 is 19.6 Å². The van der Waals surface area contributed by atoms with Crippen LogP contribution in [0.3, 0.4) is 0 Å². The lowest BCUT2D eigenvalue weighted by atomic mass is 10.1. The molecule has 5 heteroatoms. The van der Waals surface area contributed by atoms with Crippen molar-refractivity contribution in [3.8, 4) is 5.75 Å². The monoisotopic (exact) mass is 289 g/mol. The molecule has 0 radical (unpaired) electrons. The van der Waals surface area contributed by atoms with Gasteiger partial charge in [-0.25, -0.2) is 0 Å². The summed E-state index contributed by atoms with van der Waals surface area (Å²) in [5, 5.41) is 12.5. The number of furan rings is 1. The van der Waals surface area contributed by atoms with Crippen LogP contribution >= 0.6 is 0 Å². The molecule has 21 heavy (non-hydrogen) atoms. The Bertz CT molecular complexity index is 548. The van der Waals surface area contributed by atoms with Crippen molar-refractivity contribution >= 4 is 5.91 Å². The summed E-state index contributed by atoms with van der Waals surface area (Å²) in [4.78, 5) is 11.7. The van der Waals surface area contributed by atoms with Gasteiger partial charge in [-0.2, -0.15) is 0 Å². The highest BCUT2D eigenvalue weighted by atomic mass is 16.5. The number of nitrogens with one attached hydrogen (secondary N) is 1. The maximum absolute atomic E-state index is 11.7. The van der Waals surface area contributed by atoms with E-state index in [1.165, 1.54) is 12.5 Å². The Balaban J connectivity index is 1.71. The first-order chi connectivity index (χ1) is 10.2. The normalized spacial score (nSPS) is 11.9. The third-order valence-corrected chi connectivity index (χ3v) is 3.22. The SMILES string of the molecule is COc1ccc(CCC(=O)NCC(O)c2ccoc2)cc1. The molecule has 0 bridgehead atoms. The van der Waals surface area contributed by atoms with Gasteiger partial charge in [-0.15, -0.1) is 0 Å². The minimum atomic E-state index is -0.742. The molecular weight excluding hydrogens is 270 g/mol. The van der Waals surface area contributed by atoms with Crippen molar-refractivity contribution in [2.75, 3.05) is 13.7 Å². The molecule has 1 unspecified atom stereocenters. The minimum Gasteiger partial charge on any atom is -0.497 e. The number of hydrogen-bond donors (Lipinski definition) is 2. The van der Waals surface area contributed by atoms with Crippen LogP contribution in [0.5, 0.6) is 5.75 Å². The van der Waals surface area contributed by atoms with Gasteiger partial charge in [-0.1, -0.05) is 12.1 Å². The zero-order chi connectivity index (χ0) is 15.1. The molecule has 112 valence electrons. The first kappa shape index (κ1) is 15.1. The highest BCUT2D eigenvalue weighted by Crippen LogP contribution is 2.13. The van der Waals surface area contributed by atoms with E-state index >= 15 is 0 Å². The van der Waals surface area contributed by atoms with E-state index in [-0.39, 0.29) is 12.5 Å². The predicted octanol–water partition coefficient (Wildman–Crippen LogP) is 2.07. The number of carbonyl (C=O) groups excluding carboxylic acids is 1. The topological polar surface area (TPSA) is 71.7 Å². The van der Waals surface area contributed by atoms with E-state index in [1.54, 1.807) is 13.2 Å². The summed E-state index contributed by atoms with van der Waals surface area (Å²) in [5.74, 6) is 0.708. The molecule has 5 nitrogen and oxygen atoms in total. The fraction of sp³-hybridized carbons (Fsp3) is 0.312. The Hall–Kier alpha value is -2.27. The van der Waals surface area contributed by atoms with Crippen LogP contribution in [0.15, 0.2) is 47.3 Å². The maximum atomic E-state index is 11.7. The second kappa shape index (κ2) is 7.50. The highest BCUT2D eigenvalue weighted by molar-refractivity contribution is 5.76. The van der Waals surface area contributed by atoms with Gasteiger partial charge in [0.2, 0.25) is 5.91 Å². The van der Waals surface area contributed by atoms with Crippen molar-refractivity contribution in [1.82, 2.24) is 5.32 Å². The van der Waals surface area contributed by atoms with Gasteiger partial charge in [-0.05, 0) is 30.2 Å². The summed E-state index contributed by atoms with van der Waals surface area (Å²) < 4.78 is 9.96. The molecule has 0 saturated heterocycles. The molecular formula is C16H19NO4. The molecule has 2 rings (SSSR count). The zero-order valence-electron chi connectivity index (χ0n) is 11.9. The van der Waals surface area contributed by atoms with Gasteiger partial charge in [0.25, 0.3) is 0 Å². The summed E-state index contributed by atoms with van der Waals surface area (Å²) in [5.41, 5.74) is 1.73. The molecule has 2 aromatic rings. The second-order valence-corrected chi connectivity index (χ2v) is 4.72. The van der Waals surface area contributed by atoms with E-state index in [4.69, 9.17) is 9.15 Å². The fourth-order valence-electron chi connectivity index (χ4n) is 1.93. The minimum absolute atomic E-state index is 0.0895. The van der Waals surface area contributed by atoms with Gasteiger partial charge >= 0.3 is 0 Å². The van der Waals surface area contributed by atoms with Crippen molar-refractivity contribution in [3.63, 3.8) is 0 Å². The molecule has 1 atom stereocenters. The molecule has 2 N–H and O–H groups in total. The number of hydrogen-bond acceptors (Lipinski definition) is 4. The first-order valence-electron chi connectivity index (χ1n) is 6.79. The van der Waals surface area contributed by atoms with Crippen molar-refractivity contribution in [3.05, 3.63) is 54.0 Å². The molecule has 0 spiro atoms. The summed E-state index contributed by atoms with van der Waals surface area (Å²) in [7, 11) is 1.62. The summed E-state index contributed by atoms with van der Waals surface area (Å²) in [6.07, 6.45) is 3.24. The quantitative estimate of drug-likeness (QED) is 0.818. The Kier molecular flexibility index (Phi) is 5.40. The number of carbonyl (C=O) groups is 1. The van der Waals surface area contributed by atoms with Gasteiger partial charge in [0.15, 0.2) is 0 Å². The van der Waals surface area contributed by atoms with Crippen LogP contribution in [0.4, 0.5) is 0 Å². The number of aliphatic hydroxyl groups is 1. The van der Waals surface area contributed by atoms with Crippen molar-refractivity contribution in [1.29, 1.82) is 0 Å². The Morgan fingerprint density at radius 2 is 2.10 bits per heavy atom. The lowest BCUT2D eigenvalue weighted by Gasteiger charge is -2.10. The van der Waals surface area contributed by atoms with E-state index < -0.39 is 6.10 Å². The second-order valence-electron chi connectivity index (χ2n) is 4.72. The molecule has 1 amide bonds. The predicted molar refractivity (Wildman–Crippen MR) is 78.0 cm³/mol. The van der Waals surface area contributed by atoms with E-state index in [0.29, 0.717) is 18.4 Å². The highest BCUT2D eigenvalue weighted by Gasteiger charge is 2.10. The lowest BCUT2D eigenvalue weighted by Crippen LogP contribution is -2.28. The largest absolute Gasteiger partial charge is 0.497 e. The first-order valence-corrected chi connectivity index (χ1v) is 6.79. The standard InChI is InChI=1S/C16H19NO4/c1-20-14-5-2-12(3-6-14)4-7-16(19)17-10-15(18)13-8-9-21-11-13/h2-3,5-6,8-9,11,15,18H,4,7,10H2,1H3,(H,17,19). The summed E-state index contributed by atoms with van der Waals surface area (Å²) in [6.45, 7) is 0.182. The fourth-order valence-corrected chi connectivity index (χ4v) is 1.93. The Labute approximate surface area is 123 Å². The molecule has 0 aliphatic heterocycles. The van der Waals surface area contributed by atoms with Gasteiger partial charge in [0.05, 0.1) is 25.7 Å². The van der Waals surface area contributed by atoms with Gasteiger partial charge in [-0.3, -0.25) is 4.79 Å². The van der Waals surface area contributed by atoms with E-state index in [0.717, 1.165) is 11.3 Å². The Morgan fingerprint density at radius 1 is 1.33 bits per heavy atom. The number of amides is 1. The molecule has 0 aliphatic carbocycles. The molecule has 0 aliphatic rings. The molecule has 0 fully saturated rings. The average molecular weight is 289 g/mol. The van der Waals surface area contributed by atoms with Crippen LogP contribution in [-0.4, -0.2) is 24.7 Å². The van der Waals surface area contributed by atoms with Gasteiger partial charge in [0, 0.05) is 18.5 Å². The number of ether oxygens (including phenoxy) is 1. The van der Waals surface area contributed by atoms with E-state index in [9.17, 15) is 9.90 Å². The van der Waals surface area contributed by atoms with Crippen molar-refractivity contribution in [2.24, 2.45) is 0 Å². The van der Waals surface area contributed by atoms with Crippen molar-refractivity contribution in [2.45, 2.75) is 18.9 Å². The number of aryl methyl sites for hydroxylation is 1. The van der Waals surface area contributed by atoms with Crippen LogP contribution in [0.2, 0.25) is 0 Å². The smallest absolute Gasteiger partial charge is 0.220 e. The van der Waals surface area contributed by atoms with Crippen molar-refractivity contribution < 1.29 is 19.1 Å². The number of benzene rings is 1. The number of rotatable bonds is 7. The average Bonchev–Trinajstić information content (AvgIpc) is 3.05. The van der Waals surface area contributed by atoms with Crippen LogP contribution in [0, 0.1) is 0 Å². The number of aliphatic hydroxyl groups excluding tert-OH is 1. The molecule has 1 aromatic heterocycles. The van der Waals surface area contributed by atoms with E-state index in [2.05, 4.69) is 5.32 Å². The number of methoxy groups -OCH3 is 1.